The molecule has 122 valence electrons. The fourth-order valence-electron chi connectivity index (χ4n) is 2.43. The second-order valence-corrected chi connectivity index (χ2v) is 6.06. The van der Waals surface area contributed by atoms with Crippen LogP contribution in [0, 0.1) is 5.92 Å². The molecule has 5 heteroatoms. The number of methoxy groups -OCH3 is 1. The van der Waals surface area contributed by atoms with Crippen molar-refractivity contribution < 1.29 is 14.3 Å². The van der Waals surface area contributed by atoms with Crippen molar-refractivity contribution in [2.45, 2.75) is 39.2 Å². The standard InChI is InChI=1S/C17H26N2O3/c1-12(2)11-22-15-8-7-13(10-16(15)21-3)19-17(20)14-6-4-5-9-18-14/h7-8,10,12,14,18H,4-6,9,11H2,1-3H3,(H,19,20)/t14-/m0/s1. The molecule has 1 aliphatic rings. The molecule has 0 bridgehead atoms. The van der Waals surface area contributed by atoms with Crippen molar-refractivity contribution in [2.75, 3.05) is 25.6 Å². The van der Waals surface area contributed by atoms with Crippen LogP contribution in [0.2, 0.25) is 0 Å². The second kappa shape index (κ2) is 8.03. The number of nitrogens with one attached hydrogen (secondary N) is 2. The van der Waals surface area contributed by atoms with Crippen LogP contribution in [0.25, 0.3) is 0 Å². The summed E-state index contributed by atoms with van der Waals surface area (Å²) >= 11 is 0. The Hall–Kier alpha value is -1.75. The van der Waals surface area contributed by atoms with Gasteiger partial charge in [-0.15, -0.1) is 0 Å². The molecule has 1 atom stereocenters. The summed E-state index contributed by atoms with van der Waals surface area (Å²) in [5.74, 6) is 1.79. The van der Waals surface area contributed by atoms with Crippen molar-refractivity contribution in [3.05, 3.63) is 18.2 Å². The maximum atomic E-state index is 12.2. The molecule has 2 rings (SSSR count). The lowest BCUT2D eigenvalue weighted by atomic mass is 10.0. The first-order valence-corrected chi connectivity index (χ1v) is 7.95. The number of piperidine rings is 1. The Balaban J connectivity index is 2.00. The molecular formula is C17H26N2O3. The normalized spacial score (nSPS) is 18.1. The zero-order chi connectivity index (χ0) is 15.9. The third kappa shape index (κ3) is 4.63. The minimum absolute atomic E-state index is 0.0117. The lowest BCUT2D eigenvalue weighted by molar-refractivity contribution is -0.118. The first-order valence-electron chi connectivity index (χ1n) is 7.95. The van der Waals surface area contributed by atoms with Crippen LogP contribution >= 0.6 is 0 Å². The number of amides is 1. The molecule has 1 aliphatic heterocycles. The van der Waals surface area contributed by atoms with E-state index < -0.39 is 0 Å². The van der Waals surface area contributed by atoms with Gasteiger partial charge in [0.2, 0.25) is 5.91 Å². The lowest BCUT2D eigenvalue weighted by Gasteiger charge is -2.22. The molecule has 0 unspecified atom stereocenters. The molecule has 1 heterocycles. The molecule has 1 saturated heterocycles. The molecule has 1 aromatic rings. The van der Waals surface area contributed by atoms with Gasteiger partial charge >= 0.3 is 0 Å². The molecule has 0 aromatic heterocycles. The molecular weight excluding hydrogens is 280 g/mol. The van der Waals surface area contributed by atoms with Gasteiger partial charge in [-0.05, 0) is 37.4 Å². The van der Waals surface area contributed by atoms with Crippen LogP contribution in [-0.2, 0) is 4.79 Å². The first-order chi connectivity index (χ1) is 10.6. The number of carbonyl (C=O) groups excluding carboxylic acids is 1. The third-order valence-corrected chi connectivity index (χ3v) is 3.63. The van der Waals surface area contributed by atoms with Gasteiger partial charge in [0, 0.05) is 11.8 Å². The number of rotatable bonds is 6. The van der Waals surface area contributed by atoms with Crippen LogP contribution in [0.5, 0.6) is 11.5 Å². The molecule has 1 amide bonds. The highest BCUT2D eigenvalue weighted by molar-refractivity contribution is 5.95. The number of hydrogen-bond donors (Lipinski definition) is 2. The van der Waals surface area contributed by atoms with Crippen molar-refractivity contribution in [2.24, 2.45) is 5.92 Å². The predicted octanol–water partition coefficient (Wildman–Crippen LogP) is 2.81. The van der Waals surface area contributed by atoms with E-state index in [2.05, 4.69) is 24.5 Å². The van der Waals surface area contributed by atoms with Crippen LogP contribution in [-0.4, -0.2) is 32.2 Å². The van der Waals surface area contributed by atoms with Crippen LogP contribution in [0.15, 0.2) is 18.2 Å². The molecule has 1 aromatic carbocycles. The zero-order valence-corrected chi connectivity index (χ0v) is 13.6. The Labute approximate surface area is 132 Å². The summed E-state index contributed by atoms with van der Waals surface area (Å²) in [7, 11) is 1.60. The number of carbonyl (C=O) groups is 1. The highest BCUT2D eigenvalue weighted by Crippen LogP contribution is 2.30. The van der Waals surface area contributed by atoms with E-state index in [9.17, 15) is 4.79 Å². The summed E-state index contributed by atoms with van der Waals surface area (Å²) in [6, 6.07) is 5.39. The highest BCUT2D eigenvalue weighted by Gasteiger charge is 2.20. The van der Waals surface area contributed by atoms with Gasteiger partial charge in [-0.2, -0.15) is 0 Å². The molecule has 0 saturated carbocycles. The average molecular weight is 306 g/mol. The van der Waals surface area contributed by atoms with Gasteiger partial charge in [-0.1, -0.05) is 20.3 Å². The lowest BCUT2D eigenvalue weighted by Crippen LogP contribution is -2.43. The van der Waals surface area contributed by atoms with Crippen LogP contribution in [0.1, 0.15) is 33.1 Å². The Morgan fingerprint density at radius 1 is 1.36 bits per heavy atom. The summed E-state index contributed by atoms with van der Waals surface area (Å²) in [4.78, 5) is 12.2. The second-order valence-electron chi connectivity index (χ2n) is 6.06. The van der Waals surface area contributed by atoms with E-state index in [-0.39, 0.29) is 11.9 Å². The zero-order valence-electron chi connectivity index (χ0n) is 13.6. The van der Waals surface area contributed by atoms with Crippen molar-refractivity contribution in [1.29, 1.82) is 0 Å². The van der Waals surface area contributed by atoms with E-state index in [1.165, 1.54) is 0 Å². The smallest absolute Gasteiger partial charge is 0.241 e. The fourth-order valence-corrected chi connectivity index (χ4v) is 2.43. The summed E-state index contributed by atoms with van der Waals surface area (Å²) in [6.07, 6.45) is 3.12. The third-order valence-electron chi connectivity index (χ3n) is 3.63. The Morgan fingerprint density at radius 2 is 2.18 bits per heavy atom. The van der Waals surface area contributed by atoms with E-state index in [0.29, 0.717) is 24.0 Å². The van der Waals surface area contributed by atoms with E-state index in [1.807, 2.05) is 12.1 Å². The van der Waals surface area contributed by atoms with Gasteiger partial charge in [0.05, 0.1) is 19.8 Å². The number of anilines is 1. The molecule has 2 N–H and O–H groups in total. The Morgan fingerprint density at radius 3 is 2.82 bits per heavy atom. The topological polar surface area (TPSA) is 59.6 Å². The summed E-state index contributed by atoms with van der Waals surface area (Å²) in [5.41, 5.74) is 0.728. The largest absolute Gasteiger partial charge is 0.493 e. The molecule has 0 aliphatic carbocycles. The molecule has 0 spiro atoms. The monoisotopic (exact) mass is 306 g/mol. The first kappa shape index (κ1) is 16.6. The van der Waals surface area contributed by atoms with E-state index in [4.69, 9.17) is 9.47 Å². The fraction of sp³-hybridized carbons (Fsp3) is 0.588. The predicted molar refractivity (Wildman–Crippen MR) is 87.6 cm³/mol. The molecule has 0 radical (unpaired) electrons. The summed E-state index contributed by atoms with van der Waals surface area (Å²) in [5, 5.41) is 6.19. The quantitative estimate of drug-likeness (QED) is 0.848. The van der Waals surface area contributed by atoms with Crippen LogP contribution in [0.4, 0.5) is 5.69 Å². The maximum Gasteiger partial charge on any atom is 0.241 e. The van der Waals surface area contributed by atoms with E-state index in [1.54, 1.807) is 13.2 Å². The van der Waals surface area contributed by atoms with Crippen LogP contribution in [0.3, 0.4) is 0 Å². The highest BCUT2D eigenvalue weighted by atomic mass is 16.5. The summed E-state index contributed by atoms with van der Waals surface area (Å²) < 4.78 is 11.1. The van der Waals surface area contributed by atoms with Crippen molar-refractivity contribution in [3.8, 4) is 11.5 Å². The van der Waals surface area contributed by atoms with E-state index in [0.717, 1.165) is 31.5 Å². The van der Waals surface area contributed by atoms with E-state index >= 15 is 0 Å². The van der Waals surface area contributed by atoms with Crippen LogP contribution < -0.4 is 20.1 Å². The number of hydrogen-bond acceptors (Lipinski definition) is 4. The van der Waals surface area contributed by atoms with Gasteiger partial charge in [-0.25, -0.2) is 0 Å². The minimum atomic E-state index is -0.100. The van der Waals surface area contributed by atoms with Gasteiger partial charge in [0.15, 0.2) is 11.5 Å². The molecule has 22 heavy (non-hydrogen) atoms. The maximum absolute atomic E-state index is 12.2. The van der Waals surface area contributed by atoms with Gasteiger partial charge in [0.25, 0.3) is 0 Å². The molecule has 5 nitrogen and oxygen atoms in total. The van der Waals surface area contributed by atoms with Crippen molar-refractivity contribution in [1.82, 2.24) is 5.32 Å². The van der Waals surface area contributed by atoms with Crippen molar-refractivity contribution >= 4 is 11.6 Å². The molecule has 1 fully saturated rings. The van der Waals surface area contributed by atoms with Gasteiger partial charge in [0.1, 0.15) is 0 Å². The van der Waals surface area contributed by atoms with Gasteiger partial charge in [-0.3, -0.25) is 4.79 Å². The Bertz CT molecular complexity index is 497. The SMILES string of the molecule is COc1cc(NC(=O)[C@@H]2CCCCN2)ccc1OCC(C)C. The number of benzene rings is 1. The Kier molecular flexibility index (Phi) is 6.07. The van der Waals surface area contributed by atoms with Gasteiger partial charge < -0.3 is 20.1 Å². The summed E-state index contributed by atoms with van der Waals surface area (Å²) in [6.45, 7) is 5.73. The number of ether oxygens (including phenoxy) is 2. The van der Waals surface area contributed by atoms with Crippen molar-refractivity contribution in [3.63, 3.8) is 0 Å². The average Bonchev–Trinajstić information content (AvgIpc) is 2.54. The minimum Gasteiger partial charge on any atom is -0.493 e.